The van der Waals surface area contributed by atoms with Gasteiger partial charge in [0.25, 0.3) is 0 Å². The Labute approximate surface area is 190 Å². The molecule has 3 aromatic rings. The SMILES string of the molecule is CN[C@@H]1CCCC12CCN(c1ncc(Sc3ccnc(Cl)c3Cl)c3nccn13)CC2. The molecule has 1 aliphatic heterocycles. The van der Waals surface area contributed by atoms with Gasteiger partial charge in [0.15, 0.2) is 5.65 Å². The van der Waals surface area contributed by atoms with Crippen LogP contribution >= 0.6 is 35.0 Å². The van der Waals surface area contributed by atoms with Crippen molar-refractivity contribution in [1.82, 2.24) is 24.7 Å². The van der Waals surface area contributed by atoms with Crippen LogP contribution < -0.4 is 10.2 Å². The van der Waals surface area contributed by atoms with E-state index in [-0.39, 0.29) is 0 Å². The van der Waals surface area contributed by atoms with Gasteiger partial charge in [0, 0.05) is 48.8 Å². The second-order valence-electron chi connectivity index (χ2n) is 8.14. The average molecular weight is 463 g/mol. The summed E-state index contributed by atoms with van der Waals surface area (Å²) in [5.41, 5.74) is 1.33. The highest BCUT2D eigenvalue weighted by molar-refractivity contribution is 7.99. The Morgan fingerprint density at radius 3 is 2.73 bits per heavy atom. The van der Waals surface area contributed by atoms with E-state index in [1.54, 1.807) is 6.20 Å². The maximum Gasteiger partial charge on any atom is 0.211 e. The van der Waals surface area contributed by atoms with Crippen molar-refractivity contribution in [2.75, 3.05) is 25.0 Å². The third-order valence-electron chi connectivity index (χ3n) is 6.70. The summed E-state index contributed by atoms with van der Waals surface area (Å²) in [7, 11) is 2.11. The van der Waals surface area contributed by atoms with Crippen molar-refractivity contribution in [1.29, 1.82) is 0 Å². The van der Waals surface area contributed by atoms with Crippen LogP contribution in [0.15, 0.2) is 40.6 Å². The number of hydrogen-bond acceptors (Lipinski definition) is 6. The molecule has 4 heterocycles. The van der Waals surface area contributed by atoms with E-state index in [1.165, 1.54) is 43.9 Å². The first-order valence-electron chi connectivity index (χ1n) is 10.3. The molecule has 1 saturated heterocycles. The van der Waals surface area contributed by atoms with Gasteiger partial charge >= 0.3 is 0 Å². The Kier molecular flexibility index (Phi) is 5.56. The van der Waals surface area contributed by atoms with Crippen LogP contribution in [-0.4, -0.2) is 45.5 Å². The van der Waals surface area contributed by atoms with Crippen molar-refractivity contribution in [3.63, 3.8) is 0 Å². The molecular weight excluding hydrogens is 439 g/mol. The van der Waals surface area contributed by atoms with Crippen LogP contribution in [0, 0.1) is 5.41 Å². The van der Waals surface area contributed by atoms with Crippen LogP contribution in [0.5, 0.6) is 0 Å². The highest BCUT2D eigenvalue weighted by Crippen LogP contribution is 2.47. The maximum atomic E-state index is 6.33. The molecule has 1 saturated carbocycles. The molecule has 1 N–H and O–H groups in total. The summed E-state index contributed by atoms with van der Waals surface area (Å²) < 4.78 is 2.08. The molecule has 0 amide bonds. The number of rotatable bonds is 4. The molecule has 3 aromatic heterocycles. The Balaban J connectivity index is 1.40. The van der Waals surface area contributed by atoms with Gasteiger partial charge in [-0.05, 0) is 44.2 Å². The lowest BCUT2D eigenvalue weighted by Gasteiger charge is -2.43. The topological polar surface area (TPSA) is 58.3 Å². The quantitative estimate of drug-likeness (QED) is 0.553. The van der Waals surface area contributed by atoms with E-state index in [9.17, 15) is 0 Å². The van der Waals surface area contributed by atoms with E-state index in [1.807, 2.05) is 24.7 Å². The van der Waals surface area contributed by atoms with Gasteiger partial charge in [-0.3, -0.25) is 4.40 Å². The average Bonchev–Trinajstić information content (AvgIpc) is 3.40. The summed E-state index contributed by atoms with van der Waals surface area (Å²) in [4.78, 5) is 17.6. The number of hydrogen-bond donors (Lipinski definition) is 1. The molecule has 1 atom stereocenters. The van der Waals surface area contributed by atoms with Gasteiger partial charge in [0.2, 0.25) is 5.95 Å². The van der Waals surface area contributed by atoms with Gasteiger partial charge in [-0.2, -0.15) is 0 Å². The van der Waals surface area contributed by atoms with Crippen molar-refractivity contribution < 1.29 is 0 Å². The molecule has 9 heteroatoms. The summed E-state index contributed by atoms with van der Waals surface area (Å²) in [6.45, 7) is 2.05. The van der Waals surface area contributed by atoms with Crippen molar-refractivity contribution in [2.45, 2.75) is 47.9 Å². The lowest BCUT2D eigenvalue weighted by atomic mass is 9.74. The van der Waals surface area contributed by atoms with Crippen molar-refractivity contribution in [3.05, 3.63) is 41.0 Å². The van der Waals surface area contributed by atoms with Gasteiger partial charge in [0.1, 0.15) is 5.15 Å². The van der Waals surface area contributed by atoms with Crippen LogP contribution in [0.3, 0.4) is 0 Å². The zero-order valence-electron chi connectivity index (χ0n) is 16.8. The first-order valence-corrected chi connectivity index (χ1v) is 11.9. The standard InChI is InChI=1S/C21H24Cl2N6S/c1-24-16-3-2-5-21(16)6-10-28(11-7-21)20-27-13-15(19-26-9-12-29(19)20)30-14-4-8-25-18(23)17(14)22/h4,8-9,12-13,16,24H,2-3,5-7,10-11H2,1H3/t16-/m1/s1. The number of nitrogens with one attached hydrogen (secondary N) is 1. The van der Waals surface area contributed by atoms with Crippen molar-refractivity contribution in [3.8, 4) is 0 Å². The molecule has 1 spiro atoms. The lowest BCUT2D eigenvalue weighted by molar-refractivity contribution is 0.177. The molecule has 2 aliphatic rings. The Hall–Kier alpha value is -1.54. The zero-order chi connectivity index (χ0) is 20.7. The van der Waals surface area contributed by atoms with E-state index in [0.717, 1.165) is 34.5 Å². The summed E-state index contributed by atoms with van der Waals surface area (Å²) in [5.74, 6) is 0.958. The lowest BCUT2D eigenvalue weighted by Crippen LogP contribution is -2.48. The Morgan fingerprint density at radius 2 is 1.93 bits per heavy atom. The number of aromatic nitrogens is 4. The minimum atomic E-state index is 0.305. The fraction of sp³-hybridized carbons (Fsp3) is 0.476. The van der Waals surface area contributed by atoms with Crippen LogP contribution in [0.25, 0.3) is 5.65 Å². The summed E-state index contributed by atoms with van der Waals surface area (Å²) in [6.07, 6.45) is 13.7. The second-order valence-corrected chi connectivity index (χ2v) is 9.96. The molecule has 1 aliphatic carbocycles. The van der Waals surface area contributed by atoms with E-state index in [2.05, 4.69) is 31.6 Å². The van der Waals surface area contributed by atoms with Gasteiger partial charge in [-0.15, -0.1) is 0 Å². The molecule has 2 fully saturated rings. The van der Waals surface area contributed by atoms with Crippen LogP contribution in [0.4, 0.5) is 5.95 Å². The van der Waals surface area contributed by atoms with E-state index < -0.39 is 0 Å². The van der Waals surface area contributed by atoms with Gasteiger partial charge in [0.05, 0.1) is 9.92 Å². The van der Waals surface area contributed by atoms with E-state index >= 15 is 0 Å². The molecule has 158 valence electrons. The molecular formula is C21H24Cl2N6S. The fourth-order valence-electron chi connectivity index (χ4n) is 5.13. The second kappa shape index (κ2) is 8.19. The Morgan fingerprint density at radius 1 is 1.10 bits per heavy atom. The van der Waals surface area contributed by atoms with Crippen LogP contribution in [0.1, 0.15) is 32.1 Å². The first kappa shape index (κ1) is 20.4. The Bertz CT molecular complexity index is 1060. The predicted octanol–water partition coefficient (Wildman–Crippen LogP) is 4.94. The third-order valence-corrected chi connectivity index (χ3v) is 8.65. The highest BCUT2D eigenvalue weighted by Gasteiger charge is 2.44. The third kappa shape index (κ3) is 3.45. The molecule has 0 radical (unpaired) electrons. The van der Waals surface area contributed by atoms with E-state index in [0.29, 0.717) is 21.6 Å². The number of piperidine rings is 1. The number of anilines is 1. The molecule has 5 rings (SSSR count). The van der Waals surface area contributed by atoms with Gasteiger partial charge < -0.3 is 10.2 Å². The smallest absolute Gasteiger partial charge is 0.211 e. The predicted molar refractivity (Wildman–Crippen MR) is 122 cm³/mol. The number of nitrogens with zero attached hydrogens (tertiary/aromatic N) is 5. The number of halogens is 2. The number of imidazole rings is 1. The zero-order valence-corrected chi connectivity index (χ0v) is 19.1. The summed E-state index contributed by atoms with van der Waals surface area (Å²) in [5, 5.41) is 4.33. The molecule has 0 bridgehead atoms. The van der Waals surface area contributed by atoms with Crippen LogP contribution in [-0.2, 0) is 0 Å². The number of fused-ring (bicyclic) bond motifs is 1. The normalized spacial score (nSPS) is 21.0. The highest BCUT2D eigenvalue weighted by atomic mass is 35.5. The van der Waals surface area contributed by atoms with E-state index in [4.69, 9.17) is 28.2 Å². The minimum Gasteiger partial charge on any atom is -0.342 e. The minimum absolute atomic E-state index is 0.305. The van der Waals surface area contributed by atoms with Gasteiger partial charge in [-0.1, -0.05) is 41.4 Å². The molecule has 30 heavy (non-hydrogen) atoms. The van der Waals surface area contributed by atoms with Gasteiger partial charge in [-0.25, -0.2) is 15.0 Å². The molecule has 0 unspecified atom stereocenters. The van der Waals surface area contributed by atoms with Crippen molar-refractivity contribution in [2.24, 2.45) is 5.41 Å². The largest absolute Gasteiger partial charge is 0.342 e. The molecule has 0 aromatic carbocycles. The maximum absolute atomic E-state index is 6.33. The number of pyridine rings is 1. The molecule has 6 nitrogen and oxygen atoms in total. The fourth-order valence-corrected chi connectivity index (χ4v) is 6.47. The summed E-state index contributed by atoms with van der Waals surface area (Å²) in [6, 6.07) is 2.51. The monoisotopic (exact) mass is 462 g/mol. The van der Waals surface area contributed by atoms with Crippen molar-refractivity contribution >= 4 is 46.6 Å². The summed E-state index contributed by atoms with van der Waals surface area (Å²) >= 11 is 13.9. The van der Waals surface area contributed by atoms with Crippen LogP contribution in [0.2, 0.25) is 10.2 Å². The first-order chi connectivity index (χ1) is 14.6.